The number of carboxylic acid groups (broad SMARTS) is 1. The Bertz CT molecular complexity index is 1310. The number of benzene rings is 2. The Labute approximate surface area is 231 Å². The van der Waals surface area contributed by atoms with E-state index in [9.17, 15) is 23.5 Å². The van der Waals surface area contributed by atoms with E-state index in [-0.39, 0.29) is 30.6 Å². The quantitative estimate of drug-likeness (QED) is 0.380. The van der Waals surface area contributed by atoms with Crippen molar-refractivity contribution in [2.45, 2.75) is 50.2 Å². The number of hydrogen-bond donors (Lipinski definition) is 3. The highest BCUT2D eigenvalue weighted by molar-refractivity contribution is 5.98. The number of aromatic nitrogens is 2. The van der Waals surface area contributed by atoms with Crippen molar-refractivity contribution in [2.24, 2.45) is 0 Å². The van der Waals surface area contributed by atoms with Gasteiger partial charge in [-0.25, -0.2) is 18.6 Å². The molecular weight excluding hydrogens is 520 g/mol. The molecule has 2 aromatic carbocycles. The van der Waals surface area contributed by atoms with E-state index in [0.717, 1.165) is 37.0 Å². The summed E-state index contributed by atoms with van der Waals surface area (Å²) >= 11 is 0. The third kappa shape index (κ3) is 5.94. The molecule has 1 aliphatic carbocycles. The molecule has 1 aliphatic heterocycles. The lowest BCUT2D eigenvalue weighted by Gasteiger charge is -2.36. The van der Waals surface area contributed by atoms with Crippen LogP contribution in [-0.2, 0) is 0 Å². The molecule has 1 aromatic heterocycles. The summed E-state index contributed by atoms with van der Waals surface area (Å²) in [6.45, 7) is 1.56. The molecule has 0 unspecified atom stereocenters. The van der Waals surface area contributed by atoms with Gasteiger partial charge in [-0.1, -0.05) is 49.2 Å². The van der Waals surface area contributed by atoms with Crippen molar-refractivity contribution in [3.8, 4) is 17.0 Å². The zero-order valence-electron chi connectivity index (χ0n) is 22.1. The van der Waals surface area contributed by atoms with Crippen LogP contribution in [0.25, 0.3) is 11.3 Å². The van der Waals surface area contributed by atoms with Gasteiger partial charge in [0, 0.05) is 37.7 Å². The number of rotatable bonds is 8. The molecule has 3 N–H and O–H groups in total. The molecule has 3 aromatic rings. The van der Waals surface area contributed by atoms with Crippen molar-refractivity contribution in [1.82, 2.24) is 25.1 Å². The van der Waals surface area contributed by atoms with Gasteiger partial charge >= 0.3 is 6.09 Å². The van der Waals surface area contributed by atoms with Gasteiger partial charge in [-0.05, 0) is 25.0 Å². The normalized spacial score (nSPS) is 21.1. The van der Waals surface area contributed by atoms with Crippen molar-refractivity contribution in [1.29, 1.82) is 0 Å². The molecule has 40 heavy (non-hydrogen) atoms. The second-order valence-corrected chi connectivity index (χ2v) is 10.2. The summed E-state index contributed by atoms with van der Waals surface area (Å²) in [4.78, 5) is 31.9. The van der Waals surface area contributed by atoms with Gasteiger partial charge in [-0.3, -0.25) is 4.79 Å². The first-order chi connectivity index (χ1) is 19.4. The number of carbonyl (C=O) groups excluding carboxylic acids is 1. The highest BCUT2D eigenvalue weighted by Crippen LogP contribution is 2.35. The monoisotopic (exact) mass is 553 g/mol. The Hall–Kier alpha value is -3.99. The number of hydrogen-bond acceptors (Lipinski definition) is 5. The lowest BCUT2D eigenvalue weighted by atomic mass is 9.89. The SMILES string of the molecule is O=C(O)N[C@H]1CCCC[C@@H]1n1cnc(C(=O)N2CCNC[C@H]2CCOc2c(F)cccc2F)c1-c1ccccc1. The number of para-hydroxylation sites is 1. The number of amides is 2. The molecule has 2 heterocycles. The molecule has 1 saturated carbocycles. The maximum Gasteiger partial charge on any atom is 0.404 e. The number of ether oxygens (including phenoxy) is 1. The van der Waals surface area contributed by atoms with Crippen molar-refractivity contribution in [3.05, 3.63) is 72.2 Å². The van der Waals surface area contributed by atoms with E-state index in [4.69, 9.17) is 4.74 Å². The maximum atomic E-state index is 14.1. The third-order valence-corrected chi connectivity index (χ3v) is 7.67. The van der Waals surface area contributed by atoms with Gasteiger partial charge in [0.25, 0.3) is 5.91 Å². The summed E-state index contributed by atoms with van der Waals surface area (Å²) in [6.07, 6.45) is 4.26. The molecule has 2 aliphatic rings. The summed E-state index contributed by atoms with van der Waals surface area (Å²) in [5.41, 5.74) is 1.75. The van der Waals surface area contributed by atoms with Crippen LogP contribution in [0.2, 0.25) is 0 Å². The minimum atomic E-state index is -1.07. The average Bonchev–Trinajstić information content (AvgIpc) is 3.40. The summed E-state index contributed by atoms with van der Waals surface area (Å²) < 4.78 is 35.4. The molecule has 9 nitrogen and oxygen atoms in total. The number of nitrogens with zero attached hydrogens (tertiary/aromatic N) is 3. The molecule has 1 saturated heterocycles. The number of nitrogens with one attached hydrogen (secondary N) is 2. The largest absolute Gasteiger partial charge is 0.488 e. The van der Waals surface area contributed by atoms with Crippen molar-refractivity contribution < 1.29 is 28.2 Å². The van der Waals surface area contributed by atoms with Crippen LogP contribution in [0.1, 0.15) is 48.6 Å². The van der Waals surface area contributed by atoms with Crippen LogP contribution in [0.3, 0.4) is 0 Å². The number of halogens is 2. The van der Waals surface area contributed by atoms with E-state index >= 15 is 0 Å². The fourth-order valence-corrected chi connectivity index (χ4v) is 5.76. The van der Waals surface area contributed by atoms with Gasteiger partial charge in [-0.15, -0.1) is 0 Å². The highest BCUT2D eigenvalue weighted by Gasteiger charge is 2.35. The zero-order valence-corrected chi connectivity index (χ0v) is 22.1. The molecule has 2 amide bonds. The van der Waals surface area contributed by atoms with E-state index in [1.165, 1.54) is 6.07 Å². The van der Waals surface area contributed by atoms with E-state index in [1.807, 2.05) is 34.9 Å². The average molecular weight is 554 g/mol. The summed E-state index contributed by atoms with van der Waals surface area (Å²) in [5, 5.41) is 15.4. The molecule has 0 spiro atoms. The Morgan fingerprint density at radius 2 is 1.82 bits per heavy atom. The lowest BCUT2D eigenvalue weighted by Crippen LogP contribution is -2.54. The fourth-order valence-electron chi connectivity index (χ4n) is 5.76. The molecule has 3 atom stereocenters. The smallest absolute Gasteiger partial charge is 0.404 e. The number of imidazole rings is 1. The van der Waals surface area contributed by atoms with Crippen LogP contribution in [0.4, 0.5) is 13.6 Å². The van der Waals surface area contributed by atoms with Gasteiger partial charge < -0.3 is 29.9 Å². The van der Waals surface area contributed by atoms with Crippen LogP contribution in [0.5, 0.6) is 5.75 Å². The topological polar surface area (TPSA) is 109 Å². The summed E-state index contributed by atoms with van der Waals surface area (Å²) in [7, 11) is 0. The van der Waals surface area contributed by atoms with Gasteiger partial charge in [0.1, 0.15) is 0 Å². The Morgan fingerprint density at radius 3 is 2.58 bits per heavy atom. The van der Waals surface area contributed by atoms with Crippen LogP contribution in [-0.4, -0.2) is 69.9 Å². The Kier molecular flexibility index (Phi) is 8.59. The van der Waals surface area contributed by atoms with Crippen LogP contribution < -0.4 is 15.4 Å². The fraction of sp³-hybridized carbons (Fsp3) is 0.414. The van der Waals surface area contributed by atoms with Crippen LogP contribution in [0, 0.1) is 11.6 Å². The molecule has 212 valence electrons. The van der Waals surface area contributed by atoms with Crippen molar-refractivity contribution >= 4 is 12.0 Å². The first-order valence-electron chi connectivity index (χ1n) is 13.6. The summed E-state index contributed by atoms with van der Waals surface area (Å²) in [5.74, 6) is -2.22. The Balaban J connectivity index is 1.41. The van der Waals surface area contributed by atoms with Crippen LogP contribution >= 0.6 is 0 Å². The van der Waals surface area contributed by atoms with Gasteiger partial charge in [0.15, 0.2) is 23.1 Å². The van der Waals surface area contributed by atoms with Gasteiger partial charge in [-0.2, -0.15) is 0 Å². The Morgan fingerprint density at radius 1 is 1.07 bits per heavy atom. The van der Waals surface area contributed by atoms with Crippen molar-refractivity contribution in [2.75, 3.05) is 26.2 Å². The molecule has 0 radical (unpaired) electrons. The van der Waals surface area contributed by atoms with Gasteiger partial charge in [0.05, 0.1) is 30.7 Å². The van der Waals surface area contributed by atoms with Gasteiger partial charge in [0.2, 0.25) is 0 Å². The molecule has 2 fully saturated rings. The zero-order chi connectivity index (χ0) is 28.1. The molecule has 0 bridgehead atoms. The summed E-state index contributed by atoms with van der Waals surface area (Å²) in [6, 6.07) is 12.3. The standard InChI is InChI=1S/C29H33F2N5O4/c30-21-9-6-10-22(31)27(21)40-16-13-20-17-32-14-15-35(20)28(37)25-26(19-7-2-1-3-8-19)36(18-33-25)24-12-5-4-11-23(24)34-29(38)39/h1-3,6-10,18,20,23-24,32,34H,4-5,11-17H2,(H,38,39)/t20-,23+,24+/m1/s1. The van der Waals surface area contributed by atoms with E-state index < -0.39 is 23.5 Å². The van der Waals surface area contributed by atoms with Crippen LogP contribution in [0.15, 0.2) is 54.9 Å². The maximum absolute atomic E-state index is 14.1. The molecular formula is C29H33F2N5O4. The first-order valence-corrected chi connectivity index (χ1v) is 13.6. The van der Waals surface area contributed by atoms with E-state index in [0.29, 0.717) is 43.9 Å². The number of piperazine rings is 1. The van der Waals surface area contributed by atoms with E-state index in [1.54, 1.807) is 11.2 Å². The van der Waals surface area contributed by atoms with E-state index in [2.05, 4.69) is 15.6 Å². The first kappa shape index (κ1) is 27.6. The number of carbonyl (C=O) groups is 2. The second-order valence-electron chi connectivity index (χ2n) is 10.2. The second kappa shape index (κ2) is 12.5. The predicted molar refractivity (Wildman–Crippen MR) is 144 cm³/mol. The highest BCUT2D eigenvalue weighted by atomic mass is 19.1. The third-order valence-electron chi connectivity index (χ3n) is 7.67. The minimum Gasteiger partial charge on any atom is -0.488 e. The minimum absolute atomic E-state index is 0.0264. The lowest BCUT2D eigenvalue weighted by molar-refractivity contribution is 0.0599. The molecule has 11 heteroatoms. The molecule has 5 rings (SSSR count). The van der Waals surface area contributed by atoms with Crippen molar-refractivity contribution in [3.63, 3.8) is 0 Å². The predicted octanol–water partition coefficient (Wildman–Crippen LogP) is 4.46.